The molecule has 1 aromatic rings. The number of hydrogen-bond donors (Lipinski definition) is 1. The van der Waals surface area contributed by atoms with E-state index in [1.165, 1.54) is 30.4 Å². The van der Waals surface area contributed by atoms with Gasteiger partial charge in [-0.3, -0.25) is 14.5 Å². The highest BCUT2D eigenvalue weighted by molar-refractivity contribution is 5.78. The van der Waals surface area contributed by atoms with Gasteiger partial charge in [0.05, 0.1) is 6.54 Å². The minimum absolute atomic E-state index is 0.0550. The summed E-state index contributed by atoms with van der Waals surface area (Å²) in [6, 6.07) is 3.59. The highest BCUT2D eigenvalue weighted by Crippen LogP contribution is 2.25. The smallest absolute Gasteiger partial charge is 0.266 e. The van der Waals surface area contributed by atoms with E-state index in [-0.39, 0.29) is 17.4 Å². The number of nitrogens with one attached hydrogen (secondary N) is 1. The first kappa shape index (κ1) is 17.1. The molecule has 3 rings (SSSR count). The molecule has 6 heteroatoms. The molecular weight excluding hydrogens is 304 g/mol. The zero-order chi connectivity index (χ0) is 16.8. The van der Waals surface area contributed by atoms with Crippen molar-refractivity contribution in [2.75, 3.05) is 19.6 Å². The minimum atomic E-state index is -0.0550. The van der Waals surface area contributed by atoms with Crippen molar-refractivity contribution in [3.8, 4) is 0 Å². The van der Waals surface area contributed by atoms with Gasteiger partial charge in [-0.15, -0.1) is 0 Å². The van der Waals surface area contributed by atoms with Crippen LogP contribution in [0.2, 0.25) is 0 Å². The van der Waals surface area contributed by atoms with Crippen LogP contribution in [0.5, 0.6) is 0 Å². The number of carbonyl (C=O) groups excluding carboxylic acids is 1. The van der Waals surface area contributed by atoms with Crippen LogP contribution in [0.4, 0.5) is 0 Å². The molecule has 2 aliphatic rings. The van der Waals surface area contributed by atoms with Crippen molar-refractivity contribution in [3.63, 3.8) is 0 Å². The molecule has 0 aromatic carbocycles. The van der Waals surface area contributed by atoms with Crippen LogP contribution in [0.3, 0.4) is 0 Å². The number of rotatable bonds is 6. The lowest BCUT2D eigenvalue weighted by Crippen LogP contribution is -2.48. The Kier molecular flexibility index (Phi) is 6.01. The molecule has 1 saturated heterocycles. The van der Waals surface area contributed by atoms with Gasteiger partial charge in [-0.05, 0) is 38.3 Å². The number of hydrogen-bond acceptors (Lipinski definition) is 4. The molecule has 1 N–H and O–H groups in total. The summed E-state index contributed by atoms with van der Waals surface area (Å²) in [7, 11) is 0. The van der Waals surface area contributed by atoms with Crippen molar-refractivity contribution in [2.45, 2.75) is 57.5 Å². The summed E-state index contributed by atoms with van der Waals surface area (Å²) in [5.41, 5.74) is -0.0550. The third-order valence-corrected chi connectivity index (χ3v) is 5.37. The molecule has 2 fully saturated rings. The first-order valence-electron chi connectivity index (χ1n) is 9.28. The lowest BCUT2D eigenvalue weighted by Gasteiger charge is -2.36. The van der Waals surface area contributed by atoms with E-state index in [9.17, 15) is 9.59 Å². The van der Waals surface area contributed by atoms with Gasteiger partial charge in [0.1, 0.15) is 0 Å². The van der Waals surface area contributed by atoms with Gasteiger partial charge >= 0.3 is 0 Å². The summed E-state index contributed by atoms with van der Waals surface area (Å²) < 4.78 is 1.52. The maximum atomic E-state index is 12.2. The van der Waals surface area contributed by atoms with Crippen LogP contribution in [0.15, 0.2) is 23.1 Å². The number of aromatic nitrogens is 2. The lowest BCUT2D eigenvalue weighted by molar-refractivity contribution is -0.125. The molecule has 0 bridgehead atoms. The lowest BCUT2D eigenvalue weighted by atomic mass is 10.0. The molecule has 1 unspecified atom stereocenters. The molecule has 132 valence electrons. The van der Waals surface area contributed by atoms with Crippen molar-refractivity contribution in [3.05, 3.63) is 28.7 Å². The molecule has 1 aliphatic carbocycles. The van der Waals surface area contributed by atoms with E-state index in [0.29, 0.717) is 12.6 Å². The second-order valence-corrected chi connectivity index (χ2v) is 7.00. The molecule has 6 nitrogen and oxygen atoms in total. The molecule has 1 atom stereocenters. The van der Waals surface area contributed by atoms with Crippen molar-refractivity contribution in [2.24, 2.45) is 5.92 Å². The predicted octanol–water partition coefficient (Wildman–Crippen LogP) is 1.40. The Bertz CT molecular complexity index is 595. The number of carbonyl (C=O) groups is 1. The highest BCUT2D eigenvalue weighted by atomic mass is 16.2. The maximum absolute atomic E-state index is 12.2. The first-order valence-corrected chi connectivity index (χ1v) is 9.28. The molecule has 1 aromatic heterocycles. The Balaban J connectivity index is 1.50. The summed E-state index contributed by atoms with van der Waals surface area (Å²) in [6.07, 6.45) is 9.62. The predicted molar refractivity (Wildman–Crippen MR) is 92.7 cm³/mol. The van der Waals surface area contributed by atoms with Crippen LogP contribution < -0.4 is 10.9 Å². The zero-order valence-electron chi connectivity index (χ0n) is 14.3. The highest BCUT2D eigenvalue weighted by Gasteiger charge is 2.26. The Labute approximate surface area is 143 Å². The van der Waals surface area contributed by atoms with Gasteiger partial charge in [-0.2, -0.15) is 5.10 Å². The number of nitrogens with zero attached hydrogens (tertiary/aromatic N) is 3. The van der Waals surface area contributed by atoms with Crippen LogP contribution >= 0.6 is 0 Å². The van der Waals surface area contributed by atoms with Crippen LogP contribution in [-0.2, 0) is 11.3 Å². The summed E-state index contributed by atoms with van der Waals surface area (Å²) in [5, 5.41) is 7.29. The van der Waals surface area contributed by atoms with Gasteiger partial charge < -0.3 is 5.32 Å². The van der Waals surface area contributed by atoms with Crippen molar-refractivity contribution in [1.82, 2.24) is 20.0 Å². The molecule has 24 heavy (non-hydrogen) atoms. The molecule has 2 heterocycles. The molecular formula is C18H28N4O2. The van der Waals surface area contributed by atoms with E-state index in [1.54, 1.807) is 18.3 Å². The largest absolute Gasteiger partial charge is 0.354 e. The van der Waals surface area contributed by atoms with Gasteiger partial charge in [-0.1, -0.05) is 19.3 Å². The maximum Gasteiger partial charge on any atom is 0.266 e. The number of piperidine rings is 1. The van der Waals surface area contributed by atoms with Gasteiger partial charge in [0.15, 0.2) is 0 Å². The van der Waals surface area contributed by atoms with E-state index in [1.807, 2.05) is 0 Å². The average molecular weight is 332 g/mol. The minimum Gasteiger partial charge on any atom is -0.354 e. The number of amides is 1. The first-order chi connectivity index (χ1) is 11.7. The molecule has 1 saturated carbocycles. The van der Waals surface area contributed by atoms with Crippen LogP contribution in [0, 0.1) is 5.92 Å². The quantitative estimate of drug-likeness (QED) is 0.855. The normalized spacial score (nSPS) is 22.6. The molecule has 1 amide bonds. The van der Waals surface area contributed by atoms with Crippen LogP contribution in [0.25, 0.3) is 0 Å². The SMILES string of the molecule is O=C(NCC1CCCCN1CCn1ncccc1=O)C1CCCC1. The van der Waals surface area contributed by atoms with Gasteiger partial charge in [0.25, 0.3) is 5.56 Å². The van der Waals surface area contributed by atoms with Gasteiger partial charge in [0.2, 0.25) is 5.91 Å². The van der Waals surface area contributed by atoms with Crippen LogP contribution in [-0.4, -0.2) is 46.3 Å². The van der Waals surface area contributed by atoms with E-state index in [0.717, 1.165) is 38.9 Å². The van der Waals surface area contributed by atoms with Gasteiger partial charge in [-0.25, -0.2) is 4.68 Å². The summed E-state index contributed by atoms with van der Waals surface area (Å²) in [5.74, 6) is 0.466. The topological polar surface area (TPSA) is 67.2 Å². The zero-order valence-corrected chi connectivity index (χ0v) is 14.3. The fourth-order valence-electron chi connectivity index (χ4n) is 3.91. The third-order valence-electron chi connectivity index (χ3n) is 5.37. The molecule has 1 aliphatic heterocycles. The Morgan fingerprint density at radius 3 is 2.75 bits per heavy atom. The van der Waals surface area contributed by atoms with Crippen molar-refractivity contribution in [1.29, 1.82) is 0 Å². The Morgan fingerprint density at radius 2 is 1.96 bits per heavy atom. The van der Waals surface area contributed by atoms with E-state index in [2.05, 4.69) is 15.3 Å². The second-order valence-electron chi connectivity index (χ2n) is 7.00. The fraction of sp³-hybridized carbons (Fsp3) is 0.722. The second kappa shape index (κ2) is 8.42. The van der Waals surface area contributed by atoms with E-state index in [4.69, 9.17) is 0 Å². The standard InChI is InChI=1S/C18H28N4O2/c23-17-9-5-10-20-22(17)13-12-21-11-4-3-8-16(21)14-19-18(24)15-6-1-2-7-15/h5,9-10,15-16H,1-4,6-8,11-14H2,(H,19,24). The number of likely N-dealkylation sites (tertiary alicyclic amines) is 1. The van der Waals surface area contributed by atoms with Crippen LogP contribution in [0.1, 0.15) is 44.9 Å². The molecule has 0 radical (unpaired) electrons. The monoisotopic (exact) mass is 332 g/mol. The Hall–Kier alpha value is -1.69. The van der Waals surface area contributed by atoms with E-state index >= 15 is 0 Å². The third kappa shape index (κ3) is 4.44. The van der Waals surface area contributed by atoms with Crippen molar-refractivity contribution < 1.29 is 4.79 Å². The fourth-order valence-corrected chi connectivity index (χ4v) is 3.91. The Morgan fingerprint density at radius 1 is 1.17 bits per heavy atom. The summed E-state index contributed by atoms with van der Waals surface area (Å²) in [6.45, 7) is 3.17. The van der Waals surface area contributed by atoms with Crippen molar-refractivity contribution >= 4 is 5.91 Å². The van der Waals surface area contributed by atoms with Gasteiger partial charge in [0, 0.05) is 37.3 Å². The molecule has 0 spiro atoms. The summed E-state index contributed by atoms with van der Waals surface area (Å²) >= 11 is 0. The summed E-state index contributed by atoms with van der Waals surface area (Å²) in [4.78, 5) is 26.4. The average Bonchev–Trinajstić information content (AvgIpc) is 3.14. The van der Waals surface area contributed by atoms with E-state index < -0.39 is 0 Å².